The van der Waals surface area contributed by atoms with E-state index in [2.05, 4.69) is 5.32 Å². The summed E-state index contributed by atoms with van der Waals surface area (Å²) in [5.41, 5.74) is 0. The highest BCUT2D eigenvalue weighted by molar-refractivity contribution is 5.83. The van der Waals surface area contributed by atoms with E-state index in [0.29, 0.717) is 39.3 Å². The fourth-order valence-electron chi connectivity index (χ4n) is 2.45. The van der Waals surface area contributed by atoms with Gasteiger partial charge in [0.15, 0.2) is 0 Å². The molecule has 0 saturated carbocycles. The number of ether oxygens (including phenoxy) is 1. The molecule has 102 valence electrons. The van der Waals surface area contributed by atoms with E-state index in [1.807, 2.05) is 11.8 Å². The molecule has 18 heavy (non-hydrogen) atoms. The zero-order valence-corrected chi connectivity index (χ0v) is 11.0. The molecule has 0 aromatic carbocycles. The zero-order valence-electron chi connectivity index (χ0n) is 11.0. The lowest BCUT2D eigenvalue weighted by Crippen LogP contribution is -2.59. The van der Waals surface area contributed by atoms with Crippen molar-refractivity contribution in [1.82, 2.24) is 15.1 Å². The molecule has 1 N–H and O–H groups in total. The summed E-state index contributed by atoms with van der Waals surface area (Å²) in [6, 6.07) is -0.248. The lowest BCUT2D eigenvalue weighted by Gasteiger charge is -2.38. The summed E-state index contributed by atoms with van der Waals surface area (Å²) in [7, 11) is 0. The molecule has 0 unspecified atom stereocenters. The fourth-order valence-corrected chi connectivity index (χ4v) is 2.45. The molecule has 2 saturated heterocycles. The number of morpholine rings is 1. The molecule has 6 nitrogen and oxygen atoms in total. The van der Waals surface area contributed by atoms with Crippen molar-refractivity contribution in [2.24, 2.45) is 0 Å². The molecule has 2 rings (SSSR count). The van der Waals surface area contributed by atoms with Gasteiger partial charge in [0.1, 0.15) is 6.04 Å². The van der Waals surface area contributed by atoms with Gasteiger partial charge in [-0.3, -0.25) is 9.59 Å². The van der Waals surface area contributed by atoms with Gasteiger partial charge in [0.2, 0.25) is 11.8 Å². The van der Waals surface area contributed by atoms with E-state index in [0.717, 1.165) is 0 Å². The van der Waals surface area contributed by atoms with Crippen LogP contribution in [0.2, 0.25) is 0 Å². The Hall–Kier alpha value is -1.14. The Balaban J connectivity index is 1.88. The van der Waals surface area contributed by atoms with Crippen LogP contribution in [0.5, 0.6) is 0 Å². The van der Waals surface area contributed by atoms with Crippen LogP contribution < -0.4 is 5.32 Å². The van der Waals surface area contributed by atoms with Crippen LogP contribution in [0.3, 0.4) is 0 Å². The first-order valence-electron chi connectivity index (χ1n) is 6.49. The van der Waals surface area contributed by atoms with Crippen LogP contribution >= 0.6 is 0 Å². The molecular weight excluding hydrogens is 234 g/mol. The monoisotopic (exact) mass is 255 g/mol. The van der Waals surface area contributed by atoms with Crippen molar-refractivity contribution in [3.63, 3.8) is 0 Å². The van der Waals surface area contributed by atoms with Gasteiger partial charge in [-0.2, -0.15) is 0 Å². The molecule has 0 aromatic heterocycles. The molecule has 0 aliphatic carbocycles. The normalized spacial score (nSPS) is 29.2. The van der Waals surface area contributed by atoms with Crippen molar-refractivity contribution in [2.45, 2.75) is 26.0 Å². The van der Waals surface area contributed by atoms with E-state index in [-0.39, 0.29) is 24.0 Å². The van der Waals surface area contributed by atoms with Crippen molar-refractivity contribution in [1.29, 1.82) is 0 Å². The maximum atomic E-state index is 12.3. The Bertz CT molecular complexity index is 327. The predicted molar refractivity (Wildman–Crippen MR) is 66.0 cm³/mol. The van der Waals surface area contributed by atoms with Crippen LogP contribution in [0.15, 0.2) is 0 Å². The quantitative estimate of drug-likeness (QED) is 0.656. The standard InChI is InChI=1S/C12H21N3O3/c1-9-11(13-3-8-18-9)12(17)15-6-4-14(5-7-15)10(2)16/h9,11,13H,3-8H2,1-2H3/t9-,11+/m1/s1. The Kier molecular flexibility index (Phi) is 4.19. The summed E-state index contributed by atoms with van der Waals surface area (Å²) < 4.78 is 5.49. The van der Waals surface area contributed by atoms with Gasteiger partial charge < -0.3 is 19.9 Å². The van der Waals surface area contributed by atoms with E-state index in [9.17, 15) is 9.59 Å². The number of piperazine rings is 1. The average Bonchev–Trinajstić information content (AvgIpc) is 2.38. The Morgan fingerprint density at radius 3 is 2.33 bits per heavy atom. The SMILES string of the molecule is CC(=O)N1CCN(C(=O)[C@H]2NCCO[C@@H]2C)CC1. The number of hydrogen-bond acceptors (Lipinski definition) is 4. The summed E-state index contributed by atoms with van der Waals surface area (Å²) in [5.74, 6) is 0.167. The van der Waals surface area contributed by atoms with Crippen LogP contribution in [0, 0.1) is 0 Å². The van der Waals surface area contributed by atoms with Gasteiger partial charge in [-0.15, -0.1) is 0 Å². The minimum Gasteiger partial charge on any atom is -0.375 e. The molecule has 2 atom stereocenters. The molecule has 2 amide bonds. The lowest BCUT2D eigenvalue weighted by molar-refractivity contribution is -0.144. The maximum Gasteiger partial charge on any atom is 0.242 e. The minimum atomic E-state index is -0.248. The third-order valence-corrected chi connectivity index (χ3v) is 3.62. The predicted octanol–water partition coefficient (Wildman–Crippen LogP) is -0.946. The highest BCUT2D eigenvalue weighted by atomic mass is 16.5. The number of nitrogens with zero attached hydrogens (tertiary/aromatic N) is 2. The van der Waals surface area contributed by atoms with Gasteiger partial charge in [-0.1, -0.05) is 0 Å². The van der Waals surface area contributed by atoms with Crippen molar-refractivity contribution in [3.05, 3.63) is 0 Å². The molecule has 0 bridgehead atoms. The molecule has 0 radical (unpaired) electrons. The van der Waals surface area contributed by atoms with Crippen LogP contribution in [-0.4, -0.2) is 73.1 Å². The van der Waals surface area contributed by atoms with Crippen molar-refractivity contribution in [3.8, 4) is 0 Å². The summed E-state index contributed by atoms with van der Waals surface area (Å²) >= 11 is 0. The fraction of sp³-hybridized carbons (Fsp3) is 0.833. The van der Waals surface area contributed by atoms with Gasteiger partial charge in [-0.25, -0.2) is 0 Å². The van der Waals surface area contributed by atoms with E-state index in [4.69, 9.17) is 4.74 Å². The summed E-state index contributed by atoms with van der Waals surface area (Å²) in [4.78, 5) is 27.1. The number of carbonyl (C=O) groups excluding carboxylic acids is 2. The highest BCUT2D eigenvalue weighted by Gasteiger charge is 2.33. The smallest absolute Gasteiger partial charge is 0.242 e. The van der Waals surface area contributed by atoms with E-state index < -0.39 is 0 Å². The second-order valence-corrected chi connectivity index (χ2v) is 4.84. The molecule has 0 aromatic rings. The Morgan fingerprint density at radius 1 is 1.17 bits per heavy atom. The largest absolute Gasteiger partial charge is 0.375 e. The summed E-state index contributed by atoms with van der Waals surface area (Å²) in [5, 5.41) is 3.20. The molecule has 0 spiro atoms. The molecule has 2 heterocycles. The van der Waals surface area contributed by atoms with E-state index >= 15 is 0 Å². The minimum absolute atomic E-state index is 0.0783. The van der Waals surface area contributed by atoms with Gasteiger partial charge in [-0.05, 0) is 6.92 Å². The van der Waals surface area contributed by atoms with Crippen molar-refractivity contribution >= 4 is 11.8 Å². The third-order valence-electron chi connectivity index (χ3n) is 3.62. The van der Waals surface area contributed by atoms with Crippen molar-refractivity contribution < 1.29 is 14.3 Å². The molecule has 2 fully saturated rings. The zero-order chi connectivity index (χ0) is 13.1. The highest BCUT2D eigenvalue weighted by Crippen LogP contribution is 2.10. The van der Waals surface area contributed by atoms with Crippen LogP contribution in [0.25, 0.3) is 0 Å². The molecule has 2 aliphatic rings. The van der Waals surface area contributed by atoms with Crippen LogP contribution in [0.4, 0.5) is 0 Å². The van der Waals surface area contributed by atoms with Crippen LogP contribution in [-0.2, 0) is 14.3 Å². The number of rotatable bonds is 1. The topological polar surface area (TPSA) is 61.9 Å². The van der Waals surface area contributed by atoms with E-state index in [1.54, 1.807) is 11.8 Å². The second-order valence-electron chi connectivity index (χ2n) is 4.84. The Morgan fingerprint density at radius 2 is 1.78 bits per heavy atom. The summed E-state index contributed by atoms with van der Waals surface area (Å²) in [6.45, 7) is 7.34. The van der Waals surface area contributed by atoms with Gasteiger partial charge in [0.05, 0.1) is 12.7 Å². The van der Waals surface area contributed by atoms with Crippen LogP contribution in [0.1, 0.15) is 13.8 Å². The number of amides is 2. The second kappa shape index (κ2) is 5.67. The maximum absolute atomic E-state index is 12.3. The third kappa shape index (κ3) is 2.81. The first kappa shape index (κ1) is 13.3. The molecular formula is C12H21N3O3. The van der Waals surface area contributed by atoms with Crippen molar-refractivity contribution in [2.75, 3.05) is 39.3 Å². The van der Waals surface area contributed by atoms with Gasteiger partial charge in [0, 0.05) is 39.6 Å². The summed E-state index contributed by atoms with van der Waals surface area (Å²) in [6.07, 6.45) is -0.0860. The molecule has 6 heteroatoms. The van der Waals surface area contributed by atoms with Gasteiger partial charge in [0.25, 0.3) is 0 Å². The molecule has 2 aliphatic heterocycles. The van der Waals surface area contributed by atoms with E-state index in [1.165, 1.54) is 0 Å². The first-order valence-corrected chi connectivity index (χ1v) is 6.49. The number of hydrogen-bond donors (Lipinski definition) is 1. The van der Waals surface area contributed by atoms with Gasteiger partial charge >= 0.3 is 0 Å². The lowest BCUT2D eigenvalue weighted by atomic mass is 10.1. The number of nitrogens with one attached hydrogen (secondary N) is 1. The first-order chi connectivity index (χ1) is 8.59. The number of carbonyl (C=O) groups is 2. The Labute approximate surface area is 107 Å². The average molecular weight is 255 g/mol.